The number of nitrogens with zero attached hydrogens (tertiary/aromatic N) is 2. The van der Waals surface area contributed by atoms with Crippen molar-refractivity contribution in [1.29, 1.82) is 0 Å². The van der Waals surface area contributed by atoms with Gasteiger partial charge in [-0.25, -0.2) is 8.42 Å². The Labute approximate surface area is 152 Å². The first-order valence-corrected chi connectivity index (χ1v) is 10.3. The summed E-state index contributed by atoms with van der Waals surface area (Å²) in [4.78, 5) is 27.4. The van der Waals surface area contributed by atoms with Crippen LogP contribution in [-0.4, -0.2) is 53.8 Å². The van der Waals surface area contributed by atoms with E-state index in [0.29, 0.717) is 32.1 Å². The topological polar surface area (TPSA) is 117 Å². The third-order valence-electron chi connectivity index (χ3n) is 5.23. The molecule has 0 aromatic carbocycles. The van der Waals surface area contributed by atoms with Crippen LogP contribution >= 0.6 is 0 Å². The van der Waals surface area contributed by atoms with E-state index in [2.05, 4.69) is 10.3 Å². The van der Waals surface area contributed by atoms with Crippen LogP contribution in [0.1, 0.15) is 32.1 Å². The molecule has 2 atom stereocenters. The normalized spacial score (nSPS) is 25.1. The van der Waals surface area contributed by atoms with Crippen LogP contribution in [0.4, 0.5) is 0 Å². The van der Waals surface area contributed by atoms with Crippen molar-refractivity contribution in [2.45, 2.75) is 43.0 Å². The molecule has 1 saturated heterocycles. The molecule has 2 heterocycles. The van der Waals surface area contributed by atoms with E-state index < -0.39 is 16.0 Å². The summed E-state index contributed by atoms with van der Waals surface area (Å²) in [5.74, 6) is -1.53. The van der Waals surface area contributed by atoms with E-state index in [9.17, 15) is 18.0 Å². The van der Waals surface area contributed by atoms with Crippen molar-refractivity contribution in [1.82, 2.24) is 14.6 Å². The number of carboxylic acids is 1. The monoisotopic (exact) mass is 381 g/mol. The van der Waals surface area contributed by atoms with Crippen molar-refractivity contribution in [2.24, 2.45) is 11.8 Å². The number of carbonyl (C=O) groups excluding carboxylic acids is 1. The number of sulfonamides is 1. The lowest BCUT2D eigenvalue weighted by Gasteiger charge is -2.31. The van der Waals surface area contributed by atoms with E-state index in [1.807, 2.05) is 0 Å². The van der Waals surface area contributed by atoms with E-state index in [1.165, 1.54) is 22.8 Å². The zero-order valence-electron chi connectivity index (χ0n) is 14.4. The van der Waals surface area contributed by atoms with Crippen LogP contribution < -0.4 is 5.32 Å². The van der Waals surface area contributed by atoms with Crippen molar-refractivity contribution < 1.29 is 23.1 Å². The summed E-state index contributed by atoms with van der Waals surface area (Å²) in [7, 11) is -3.58. The molecule has 0 bridgehead atoms. The van der Waals surface area contributed by atoms with Crippen LogP contribution in [0.5, 0.6) is 0 Å². The lowest BCUT2D eigenvalue weighted by Crippen LogP contribution is -2.45. The van der Waals surface area contributed by atoms with Gasteiger partial charge in [-0.15, -0.1) is 0 Å². The van der Waals surface area contributed by atoms with Gasteiger partial charge in [-0.3, -0.25) is 14.6 Å². The molecule has 26 heavy (non-hydrogen) atoms. The molecule has 3 rings (SSSR count). The van der Waals surface area contributed by atoms with Crippen molar-refractivity contribution in [3.8, 4) is 0 Å². The van der Waals surface area contributed by atoms with Gasteiger partial charge < -0.3 is 10.4 Å². The molecule has 1 aliphatic carbocycles. The molecule has 2 N–H and O–H groups in total. The van der Waals surface area contributed by atoms with E-state index in [4.69, 9.17) is 5.11 Å². The fourth-order valence-electron chi connectivity index (χ4n) is 3.66. The molecular weight excluding hydrogens is 358 g/mol. The highest BCUT2D eigenvalue weighted by molar-refractivity contribution is 7.89. The Kier molecular flexibility index (Phi) is 5.57. The predicted molar refractivity (Wildman–Crippen MR) is 92.6 cm³/mol. The zero-order valence-corrected chi connectivity index (χ0v) is 15.2. The second-order valence-corrected chi connectivity index (χ2v) is 8.86. The second-order valence-electron chi connectivity index (χ2n) is 6.92. The van der Waals surface area contributed by atoms with Gasteiger partial charge in [0.05, 0.1) is 5.92 Å². The lowest BCUT2D eigenvalue weighted by atomic mass is 9.96. The quantitative estimate of drug-likeness (QED) is 0.781. The van der Waals surface area contributed by atoms with E-state index in [-0.39, 0.29) is 41.8 Å². The Hall–Kier alpha value is -2.00. The highest BCUT2D eigenvalue weighted by Crippen LogP contribution is 2.27. The average Bonchev–Trinajstić information content (AvgIpc) is 3.11. The third kappa shape index (κ3) is 4.04. The Morgan fingerprint density at radius 3 is 2.46 bits per heavy atom. The number of hydrogen-bond donors (Lipinski definition) is 2. The Morgan fingerprint density at radius 2 is 1.88 bits per heavy atom. The van der Waals surface area contributed by atoms with Crippen molar-refractivity contribution >= 4 is 21.9 Å². The third-order valence-corrected chi connectivity index (χ3v) is 7.11. The highest BCUT2D eigenvalue weighted by Gasteiger charge is 2.35. The minimum absolute atomic E-state index is 0.0965. The number of aromatic nitrogens is 1. The number of hydrogen-bond acceptors (Lipinski definition) is 5. The molecular formula is C17H23N3O5S. The van der Waals surface area contributed by atoms with Crippen molar-refractivity contribution in [3.05, 3.63) is 24.5 Å². The molecule has 9 heteroatoms. The largest absolute Gasteiger partial charge is 0.481 e. The van der Waals surface area contributed by atoms with Crippen LogP contribution in [0.2, 0.25) is 0 Å². The smallest absolute Gasteiger partial charge is 0.306 e. The van der Waals surface area contributed by atoms with Gasteiger partial charge in [0.1, 0.15) is 4.90 Å². The minimum Gasteiger partial charge on any atom is -0.481 e. The summed E-state index contributed by atoms with van der Waals surface area (Å²) in [6.07, 6.45) is 5.50. The van der Waals surface area contributed by atoms with E-state index in [1.54, 1.807) is 6.07 Å². The fraction of sp³-hybridized carbons (Fsp3) is 0.588. The first kappa shape index (κ1) is 18.8. The number of amides is 1. The van der Waals surface area contributed by atoms with Crippen LogP contribution in [0.15, 0.2) is 29.4 Å². The van der Waals surface area contributed by atoms with Gasteiger partial charge in [0.2, 0.25) is 15.9 Å². The molecule has 0 radical (unpaired) electrons. The first-order chi connectivity index (χ1) is 12.4. The Morgan fingerprint density at radius 1 is 1.15 bits per heavy atom. The van der Waals surface area contributed by atoms with E-state index >= 15 is 0 Å². The molecule has 1 saturated carbocycles. The van der Waals surface area contributed by atoms with Gasteiger partial charge in [-0.05, 0) is 44.2 Å². The van der Waals surface area contributed by atoms with Crippen molar-refractivity contribution in [3.63, 3.8) is 0 Å². The maximum Gasteiger partial charge on any atom is 0.306 e. The lowest BCUT2D eigenvalue weighted by molar-refractivity contribution is -0.141. The van der Waals surface area contributed by atoms with Crippen LogP contribution in [-0.2, 0) is 19.6 Å². The molecule has 0 spiro atoms. The molecule has 1 aromatic heterocycles. The molecule has 1 amide bonds. The number of piperidine rings is 1. The van der Waals surface area contributed by atoms with Crippen LogP contribution in [0.3, 0.4) is 0 Å². The van der Waals surface area contributed by atoms with E-state index in [0.717, 1.165) is 0 Å². The summed E-state index contributed by atoms with van der Waals surface area (Å²) >= 11 is 0. The minimum atomic E-state index is -3.58. The number of rotatable bonds is 5. The molecule has 2 fully saturated rings. The maximum absolute atomic E-state index is 12.6. The van der Waals surface area contributed by atoms with Gasteiger partial charge >= 0.3 is 5.97 Å². The zero-order chi connectivity index (χ0) is 18.7. The average molecular weight is 381 g/mol. The number of nitrogens with one attached hydrogen (secondary N) is 1. The summed E-state index contributed by atoms with van der Waals surface area (Å²) < 4.78 is 26.5. The van der Waals surface area contributed by atoms with Gasteiger partial charge in [0.25, 0.3) is 0 Å². The number of aliphatic carboxylic acids is 1. The van der Waals surface area contributed by atoms with Crippen LogP contribution in [0.25, 0.3) is 0 Å². The second kappa shape index (κ2) is 7.71. The number of carboxylic acid groups (broad SMARTS) is 1. The molecule has 2 aliphatic rings. The summed E-state index contributed by atoms with van der Waals surface area (Å²) in [6.45, 7) is 0.579. The van der Waals surface area contributed by atoms with Crippen molar-refractivity contribution in [2.75, 3.05) is 13.1 Å². The SMILES string of the molecule is O=C(N[C@H]1CC[C@@H](C(=O)O)C1)C1CCN(S(=O)(=O)c2cccnc2)CC1. The highest BCUT2D eigenvalue weighted by atomic mass is 32.2. The molecule has 1 aromatic rings. The van der Waals surface area contributed by atoms with Crippen LogP contribution in [0, 0.1) is 11.8 Å². The predicted octanol–water partition coefficient (Wildman–Crippen LogP) is 0.852. The number of carbonyl (C=O) groups is 2. The molecule has 1 aliphatic heterocycles. The van der Waals surface area contributed by atoms with Gasteiger partial charge in [-0.2, -0.15) is 4.31 Å². The maximum atomic E-state index is 12.6. The summed E-state index contributed by atoms with van der Waals surface area (Å²) in [5.41, 5.74) is 0. The fourth-order valence-corrected chi connectivity index (χ4v) is 5.10. The molecule has 8 nitrogen and oxygen atoms in total. The Balaban J connectivity index is 1.52. The Bertz CT molecular complexity index is 760. The standard InChI is InChI=1S/C17H23N3O5S/c21-16(19-14-4-3-13(10-14)17(22)23)12-5-8-20(9-6-12)26(24,25)15-2-1-7-18-11-15/h1-2,7,11-14H,3-6,8-10H2,(H,19,21)(H,22,23)/t13-,14+/m1/s1. The van der Waals surface area contributed by atoms with Gasteiger partial charge in [0, 0.05) is 37.4 Å². The van der Waals surface area contributed by atoms with Gasteiger partial charge in [0.15, 0.2) is 0 Å². The summed E-state index contributed by atoms with van der Waals surface area (Å²) in [6, 6.07) is 3.00. The van der Waals surface area contributed by atoms with Gasteiger partial charge in [-0.1, -0.05) is 0 Å². The molecule has 0 unspecified atom stereocenters. The molecule has 142 valence electrons. The summed E-state index contributed by atoms with van der Waals surface area (Å²) in [5, 5.41) is 12.0. The first-order valence-electron chi connectivity index (χ1n) is 8.81. The number of pyridine rings is 1.